The van der Waals surface area contributed by atoms with Crippen LogP contribution in [0.4, 0.5) is 11.8 Å². The molecule has 2 aliphatic rings. The summed E-state index contributed by atoms with van der Waals surface area (Å²) in [6.45, 7) is 11.6. The molecule has 2 aliphatic heterocycles. The zero-order valence-corrected chi connectivity index (χ0v) is 24.9. The molecule has 0 aliphatic carbocycles. The molecule has 0 saturated carbocycles. The highest BCUT2D eigenvalue weighted by molar-refractivity contribution is 5.93. The molecule has 6 rings (SSSR count). The van der Waals surface area contributed by atoms with Gasteiger partial charge in [0.1, 0.15) is 5.82 Å². The van der Waals surface area contributed by atoms with Crippen molar-refractivity contribution < 1.29 is 9.47 Å². The second-order valence-electron chi connectivity index (χ2n) is 11.0. The number of aryl methyl sites for hydroxylation is 2. The maximum Gasteiger partial charge on any atom is 0.331 e. The van der Waals surface area contributed by atoms with Crippen LogP contribution in [0.15, 0.2) is 39.9 Å². The monoisotopic (exact) mass is 573 g/mol. The normalized spacial score (nSPS) is 16.4. The number of nitrogens with zero attached hydrogens (tertiary/aromatic N) is 6. The SMILES string of the molecule is CCOc1cc2nc(N3CCNCC3)nc(N3CCC(n4c(=O)c5cc(C)ccc5n(C)c4=O)CC3)c2cc1OCC. The van der Waals surface area contributed by atoms with E-state index < -0.39 is 0 Å². The van der Waals surface area contributed by atoms with Crippen LogP contribution < -0.4 is 35.8 Å². The lowest BCUT2D eigenvalue weighted by Crippen LogP contribution is -2.46. The lowest BCUT2D eigenvalue weighted by molar-refractivity contribution is 0.288. The van der Waals surface area contributed by atoms with Crippen LogP contribution in [-0.2, 0) is 7.05 Å². The Morgan fingerprint density at radius 1 is 0.881 bits per heavy atom. The van der Waals surface area contributed by atoms with Crippen LogP contribution in [0.25, 0.3) is 21.8 Å². The lowest BCUT2D eigenvalue weighted by Gasteiger charge is -2.35. The number of hydrogen-bond acceptors (Lipinski definition) is 9. The predicted molar refractivity (Wildman–Crippen MR) is 166 cm³/mol. The summed E-state index contributed by atoms with van der Waals surface area (Å²) in [6, 6.07) is 9.40. The molecule has 2 saturated heterocycles. The standard InChI is InChI=1S/C31H39N7O4/c1-5-41-26-18-22-24(19-27(26)42-6-2)33-30(37-15-11-32-12-16-37)34-28(22)36-13-9-21(10-14-36)38-29(39)23-17-20(3)7-8-25(23)35(4)31(38)40/h7-8,17-19,21,32H,5-6,9-16H2,1-4H3. The molecule has 2 fully saturated rings. The molecule has 42 heavy (non-hydrogen) atoms. The van der Waals surface area contributed by atoms with Crippen molar-refractivity contribution in [2.45, 2.75) is 39.7 Å². The van der Waals surface area contributed by atoms with Gasteiger partial charge in [0.2, 0.25) is 5.95 Å². The Kier molecular flexibility index (Phi) is 7.76. The smallest absolute Gasteiger partial charge is 0.331 e. The first kappa shape index (κ1) is 28.0. The number of hydrogen-bond donors (Lipinski definition) is 1. The van der Waals surface area contributed by atoms with E-state index in [2.05, 4.69) is 15.1 Å². The quantitative estimate of drug-likeness (QED) is 0.357. The Balaban J connectivity index is 1.38. The Morgan fingerprint density at radius 2 is 1.57 bits per heavy atom. The lowest BCUT2D eigenvalue weighted by atomic mass is 10.0. The minimum absolute atomic E-state index is 0.193. The van der Waals surface area contributed by atoms with Gasteiger partial charge in [0.15, 0.2) is 11.5 Å². The first-order chi connectivity index (χ1) is 20.4. The van der Waals surface area contributed by atoms with Gasteiger partial charge >= 0.3 is 5.69 Å². The summed E-state index contributed by atoms with van der Waals surface area (Å²) < 4.78 is 14.9. The van der Waals surface area contributed by atoms with Gasteiger partial charge in [-0.25, -0.2) is 9.78 Å². The van der Waals surface area contributed by atoms with Crippen LogP contribution >= 0.6 is 0 Å². The van der Waals surface area contributed by atoms with Crippen molar-refractivity contribution in [1.29, 1.82) is 0 Å². The molecule has 0 atom stereocenters. The van der Waals surface area contributed by atoms with E-state index in [0.29, 0.717) is 67.5 Å². The summed E-state index contributed by atoms with van der Waals surface area (Å²) in [6.07, 6.45) is 1.30. The van der Waals surface area contributed by atoms with Crippen LogP contribution in [0.2, 0.25) is 0 Å². The minimum atomic E-state index is -0.270. The van der Waals surface area contributed by atoms with Gasteiger partial charge in [-0.2, -0.15) is 4.98 Å². The van der Waals surface area contributed by atoms with Gasteiger partial charge < -0.3 is 24.6 Å². The average molecular weight is 574 g/mol. The molecule has 222 valence electrons. The van der Waals surface area contributed by atoms with E-state index in [0.717, 1.165) is 48.5 Å². The Morgan fingerprint density at radius 3 is 2.26 bits per heavy atom. The zero-order valence-electron chi connectivity index (χ0n) is 24.9. The Bertz CT molecular complexity index is 1730. The minimum Gasteiger partial charge on any atom is -0.490 e. The number of rotatable bonds is 7. The van der Waals surface area contributed by atoms with Crippen molar-refractivity contribution >= 4 is 33.6 Å². The molecular formula is C31H39N7O4. The molecule has 0 unspecified atom stereocenters. The highest BCUT2D eigenvalue weighted by Crippen LogP contribution is 2.38. The number of anilines is 2. The van der Waals surface area contributed by atoms with E-state index >= 15 is 0 Å². The summed E-state index contributed by atoms with van der Waals surface area (Å²) >= 11 is 0. The Labute approximate surface area is 244 Å². The van der Waals surface area contributed by atoms with E-state index in [4.69, 9.17) is 19.4 Å². The fourth-order valence-corrected chi connectivity index (χ4v) is 6.15. The number of fused-ring (bicyclic) bond motifs is 2. The topological polar surface area (TPSA) is 107 Å². The molecule has 0 amide bonds. The third-order valence-electron chi connectivity index (χ3n) is 8.31. The number of benzene rings is 2. The van der Waals surface area contributed by atoms with E-state index in [-0.39, 0.29) is 17.3 Å². The number of ether oxygens (including phenoxy) is 2. The highest BCUT2D eigenvalue weighted by atomic mass is 16.5. The van der Waals surface area contributed by atoms with Gasteiger partial charge in [0.25, 0.3) is 5.56 Å². The van der Waals surface area contributed by atoms with Crippen molar-refractivity contribution in [3.05, 3.63) is 56.7 Å². The molecule has 1 N–H and O–H groups in total. The van der Waals surface area contributed by atoms with Crippen LogP contribution in [0.3, 0.4) is 0 Å². The molecule has 2 aromatic heterocycles. The molecule has 11 heteroatoms. The maximum atomic E-state index is 13.6. The van der Waals surface area contributed by atoms with Gasteiger partial charge in [-0.15, -0.1) is 0 Å². The third kappa shape index (κ3) is 5.06. The van der Waals surface area contributed by atoms with Crippen molar-refractivity contribution in [1.82, 2.24) is 24.4 Å². The van der Waals surface area contributed by atoms with Crippen molar-refractivity contribution in [2.24, 2.45) is 7.05 Å². The van der Waals surface area contributed by atoms with Gasteiger partial charge in [-0.1, -0.05) is 11.6 Å². The molecule has 4 heterocycles. The first-order valence-corrected chi connectivity index (χ1v) is 14.9. The summed E-state index contributed by atoms with van der Waals surface area (Å²) in [4.78, 5) is 41.5. The summed E-state index contributed by atoms with van der Waals surface area (Å²) in [7, 11) is 1.74. The highest BCUT2D eigenvalue weighted by Gasteiger charge is 2.28. The summed E-state index contributed by atoms with van der Waals surface area (Å²) in [5.74, 6) is 2.87. The van der Waals surface area contributed by atoms with Gasteiger partial charge in [0.05, 0.1) is 29.6 Å². The number of aromatic nitrogens is 4. The summed E-state index contributed by atoms with van der Waals surface area (Å²) in [5, 5.41) is 4.87. The molecule has 0 bridgehead atoms. The third-order valence-corrected chi connectivity index (χ3v) is 8.31. The zero-order chi connectivity index (χ0) is 29.4. The molecular weight excluding hydrogens is 534 g/mol. The number of piperidine rings is 1. The molecule has 0 radical (unpaired) electrons. The van der Waals surface area contributed by atoms with E-state index in [1.165, 1.54) is 4.57 Å². The van der Waals surface area contributed by atoms with Crippen molar-refractivity contribution in [2.75, 3.05) is 62.3 Å². The van der Waals surface area contributed by atoms with Crippen LogP contribution in [0.1, 0.15) is 38.3 Å². The van der Waals surface area contributed by atoms with Gasteiger partial charge in [-0.3, -0.25) is 13.9 Å². The second kappa shape index (κ2) is 11.6. The molecule has 4 aromatic rings. The van der Waals surface area contributed by atoms with Gasteiger partial charge in [-0.05, 0) is 51.8 Å². The molecule has 2 aromatic carbocycles. The number of nitrogens with one attached hydrogen (secondary N) is 1. The van der Waals surface area contributed by atoms with Gasteiger partial charge in [0, 0.05) is 63.8 Å². The first-order valence-electron chi connectivity index (χ1n) is 14.9. The van der Waals surface area contributed by atoms with Crippen LogP contribution in [0.5, 0.6) is 11.5 Å². The predicted octanol–water partition coefficient (Wildman–Crippen LogP) is 3.00. The summed E-state index contributed by atoms with van der Waals surface area (Å²) in [5.41, 5.74) is 1.97. The van der Waals surface area contributed by atoms with Crippen molar-refractivity contribution in [3.63, 3.8) is 0 Å². The largest absolute Gasteiger partial charge is 0.490 e. The van der Waals surface area contributed by atoms with E-state index in [1.807, 2.05) is 51.1 Å². The van der Waals surface area contributed by atoms with Crippen LogP contribution in [-0.4, -0.2) is 71.6 Å². The molecule has 11 nitrogen and oxygen atoms in total. The fraction of sp³-hybridized carbons (Fsp3) is 0.484. The van der Waals surface area contributed by atoms with E-state index in [1.54, 1.807) is 11.6 Å². The average Bonchev–Trinajstić information content (AvgIpc) is 3.01. The second-order valence-corrected chi connectivity index (χ2v) is 11.0. The maximum absolute atomic E-state index is 13.6. The van der Waals surface area contributed by atoms with Crippen molar-refractivity contribution in [3.8, 4) is 11.5 Å². The Hall–Kier alpha value is -4.12. The fourth-order valence-electron chi connectivity index (χ4n) is 6.15. The van der Waals surface area contributed by atoms with E-state index in [9.17, 15) is 9.59 Å². The van der Waals surface area contributed by atoms with Crippen LogP contribution in [0, 0.1) is 6.92 Å². The molecule has 0 spiro atoms. The number of piperazine rings is 1.